The van der Waals surface area contributed by atoms with Gasteiger partial charge in [-0.15, -0.1) is 0 Å². The van der Waals surface area contributed by atoms with Crippen molar-refractivity contribution in [3.05, 3.63) is 132 Å². The molecule has 7 aromatic rings. The number of benzene rings is 5. The predicted molar refractivity (Wildman–Crippen MR) is 298 cm³/mol. The standard InChI is InChI=1S/C58H70N10O9/c1-39(62-56(71)36-61-55(70)22-27-74-30-31-75-28-23-60-54(69)21-25-67-44(37-66(5)59-2)32-41-10-6-9-13-51(41)67)57(72)63-43-16-14-40(15-17-43)38-77-53-35-52-47(46-11-7-8-12-48(46)53)20-24-68(52)58(73)50-34-42-33-45(18-19-49(42)64-50)76-29-26-65(3)4/h6-19,32-35,39,59,64H,20-31,36-38H2,1-5H3,(H,60,69)(H,61,70)(H,62,71)(H,63,72). The Balaban J connectivity index is 0.704. The largest absolute Gasteiger partial charge is 0.492 e. The van der Waals surface area contributed by atoms with Crippen LogP contribution in [0.4, 0.5) is 11.4 Å². The van der Waals surface area contributed by atoms with Gasteiger partial charge in [0.05, 0.1) is 45.2 Å². The Hall–Kier alpha value is -7.81. The zero-order valence-electron chi connectivity index (χ0n) is 44.5. The Labute approximate surface area is 448 Å². The molecule has 1 aliphatic rings. The number of hydrogen-bond donors (Lipinski definition) is 6. The van der Waals surface area contributed by atoms with Crippen LogP contribution in [0.15, 0.2) is 109 Å². The number of hydrazine groups is 1. The molecule has 3 heterocycles. The minimum atomic E-state index is -0.880. The minimum Gasteiger partial charge on any atom is -0.492 e. The van der Waals surface area contributed by atoms with E-state index in [-0.39, 0.29) is 50.5 Å². The van der Waals surface area contributed by atoms with Crippen molar-refractivity contribution in [1.29, 1.82) is 0 Å². The summed E-state index contributed by atoms with van der Waals surface area (Å²) in [5.74, 6) is -0.112. The summed E-state index contributed by atoms with van der Waals surface area (Å²) in [7, 11) is 7.84. The van der Waals surface area contributed by atoms with Gasteiger partial charge in [0.2, 0.25) is 23.6 Å². The molecule has 2 aromatic heterocycles. The molecule has 77 heavy (non-hydrogen) atoms. The first kappa shape index (κ1) is 55.4. The highest BCUT2D eigenvalue weighted by Gasteiger charge is 2.30. The van der Waals surface area contributed by atoms with Gasteiger partial charge in [0.1, 0.15) is 36.4 Å². The number of rotatable bonds is 28. The maximum Gasteiger partial charge on any atom is 0.274 e. The third-order valence-corrected chi connectivity index (χ3v) is 13.3. The molecular formula is C58H70N10O9. The lowest BCUT2D eigenvalue weighted by Crippen LogP contribution is -2.46. The molecule has 0 fully saturated rings. The average Bonchev–Trinajstić information content (AvgIpc) is 4.21. The number of ether oxygens (including phenoxy) is 4. The average molecular weight is 1050 g/mol. The summed E-state index contributed by atoms with van der Waals surface area (Å²) in [5, 5.41) is 16.9. The lowest BCUT2D eigenvalue weighted by molar-refractivity contribution is -0.128. The molecule has 1 aliphatic heterocycles. The molecule has 406 valence electrons. The topological polar surface area (TPSA) is 213 Å². The van der Waals surface area contributed by atoms with Gasteiger partial charge in [-0.2, -0.15) is 0 Å². The van der Waals surface area contributed by atoms with Crippen LogP contribution in [-0.4, -0.2) is 142 Å². The smallest absolute Gasteiger partial charge is 0.274 e. The molecule has 5 amide bonds. The van der Waals surface area contributed by atoms with Crippen LogP contribution >= 0.6 is 0 Å². The number of aromatic amines is 1. The van der Waals surface area contributed by atoms with Crippen LogP contribution in [0.3, 0.4) is 0 Å². The van der Waals surface area contributed by atoms with Crippen molar-refractivity contribution in [2.75, 3.05) is 97.6 Å². The van der Waals surface area contributed by atoms with Crippen molar-refractivity contribution in [2.45, 2.75) is 51.9 Å². The second-order valence-corrected chi connectivity index (χ2v) is 19.2. The lowest BCUT2D eigenvalue weighted by atomic mass is 10.0. The van der Waals surface area contributed by atoms with Crippen LogP contribution in [-0.2, 0) is 54.8 Å². The van der Waals surface area contributed by atoms with E-state index < -0.39 is 17.9 Å². The molecule has 0 radical (unpaired) electrons. The Morgan fingerprint density at radius 3 is 2.29 bits per heavy atom. The molecule has 6 N–H and O–H groups in total. The van der Waals surface area contributed by atoms with Crippen molar-refractivity contribution in [2.24, 2.45) is 0 Å². The Morgan fingerprint density at radius 1 is 0.740 bits per heavy atom. The highest BCUT2D eigenvalue weighted by atomic mass is 16.5. The molecule has 8 rings (SSSR count). The van der Waals surface area contributed by atoms with Crippen molar-refractivity contribution in [3.8, 4) is 11.5 Å². The number of H-pyrrole nitrogens is 1. The second-order valence-electron chi connectivity index (χ2n) is 19.2. The third-order valence-electron chi connectivity index (χ3n) is 13.3. The number of aryl methyl sites for hydroxylation is 1. The summed E-state index contributed by atoms with van der Waals surface area (Å²) in [4.78, 5) is 71.9. The van der Waals surface area contributed by atoms with Crippen molar-refractivity contribution >= 4 is 73.5 Å². The Morgan fingerprint density at radius 2 is 1.49 bits per heavy atom. The lowest BCUT2D eigenvalue weighted by Gasteiger charge is -2.19. The predicted octanol–water partition coefficient (Wildman–Crippen LogP) is 5.75. The number of nitrogens with zero attached hydrogens (tertiary/aromatic N) is 4. The number of hydrogen-bond acceptors (Lipinski definition) is 12. The zero-order chi connectivity index (χ0) is 54.3. The van der Waals surface area contributed by atoms with Gasteiger partial charge >= 0.3 is 0 Å². The molecule has 1 atom stereocenters. The molecule has 0 aliphatic carbocycles. The molecule has 0 bridgehead atoms. The fraction of sp³-hybridized carbons (Fsp3) is 0.362. The molecule has 0 saturated carbocycles. The fourth-order valence-corrected chi connectivity index (χ4v) is 9.13. The highest BCUT2D eigenvalue weighted by molar-refractivity contribution is 6.11. The number of carbonyl (C=O) groups is 5. The first-order valence-corrected chi connectivity index (χ1v) is 26.1. The summed E-state index contributed by atoms with van der Waals surface area (Å²) in [6.07, 6.45) is 1.08. The van der Waals surface area contributed by atoms with Gasteiger partial charge < -0.3 is 59.6 Å². The minimum absolute atomic E-state index is 0.0376. The molecular weight excluding hydrogens is 981 g/mol. The van der Waals surface area contributed by atoms with E-state index in [0.717, 1.165) is 67.4 Å². The molecule has 5 aromatic carbocycles. The Bertz CT molecular complexity index is 3170. The van der Waals surface area contributed by atoms with Gasteiger partial charge in [-0.1, -0.05) is 54.6 Å². The van der Waals surface area contributed by atoms with Gasteiger partial charge in [-0.25, -0.2) is 5.01 Å². The van der Waals surface area contributed by atoms with Gasteiger partial charge in [0.25, 0.3) is 5.91 Å². The van der Waals surface area contributed by atoms with Gasteiger partial charge in [-0.3, -0.25) is 29.4 Å². The molecule has 1 unspecified atom stereocenters. The summed E-state index contributed by atoms with van der Waals surface area (Å²) < 4.78 is 25.6. The first-order chi connectivity index (χ1) is 37.3. The number of amides is 5. The van der Waals surface area contributed by atoms with Gasteiger partial charge in [0, 0.05) is 85.3 Å². The van der Waals surface area contributed by atoms with Crippen LogP contribution in [0.25, 0.3) is 32.6 Å². The van der Waals surface area contributed by atoms with Gasteiger partial charge in [-0.05, 0) is 105 Å². The van der Waals surface area contributed by atoms with Gasteiger partial charge in [0.15, 0.2) is 0 Å². The SMILES string of the molecule is CNN(C)Cc1cc2ccccc2n1CCC(=O)NCCOCCOCCC(=O)NCC(=O)NC(C)C(=O)Nc1ccc(COc2cc3c(c4ccccc24)CCN3C(=O)c2cc3cc(OCCN(C)C)ccc3[nH]2)cc1. The van der Waals surface area contributed by atoms with Crippen LogP contribution in [0.2, 0.25) is 0 Å². The summed E-state index contributed by atoms with van der Waals surface area (Å²) in [6.45, 7) is 6.00. The van der Waals surface area contributed by atoms with Crippen LogP contribution < -0.4 is 41.1 Å². The van der Waals surface area contributed by atoms with E-state index in [1.807, 2.05) is 111 Å². The number of carbonyl (C=O) groups excluding carboxylic acids is 5. The Kier molecular flexibility index (Phi) is 19.3. The number of anilines is 2. The van der Waals surface area contributed by atoms with Crippen LogP contribution in [0, 0.1) is 0 Å². The van der Waals surface area contributed by atoms with E-state index in [1.165, 1.54) is 0 Å². The summed E-state index contributed by atoms with van der Waals surface area (Å²) >= 11 is 0. The molecule has 19 heteroatoms. The van der Waals surface area contributed by atoms with E-state index in [1.54, 1.807) is 19.1 Å². The number of aromatic nitrogens is 2. The van der Waals surface area contributed by atoms with E-state index in [4.69, 9.17) is 18.9 Å². The maximum atomic E-state index is 14.1. The number of para-hydroxylation sites is 1. The number of fused-ring (bicyclic) bond motifs is 5. The summed E-state index contributed by atoms with van der Waals surface area (Å²) in [6, 6.07) is 34.3. The number of likely N-dealkylation sites (N-methyl/N-ethyl adjacent to an activating group) is 1. The van der Waals surface area contributed by atoms with Crippen LogP contribution in [0.1, 0.15) is 47.1 Å². The molecule has 19 nitrogen and oxygen atoms in total. The van der Waals surface area contributed by atoms with Crippen LogP contribution in [0.5, 0.6) is 11.5 Å². The first-order valence-electron chi connectivity index (χ1n) is 26.1. The van der Waals surface area contributed by atoms with E-state index in [0.29, 0.717) is 76.0 Å². The van der Waals surface area contributed by atoms with Crippen molar-refractivity contribution < 1.29 is 42.9 Å². The fourth-order valence-electron chi connectivity index (χ4n) is 9.13. The van der Waals surface area contributed by atoms with Crippen molar-refractivity contribution in [1.82, 2.24) is 40.8 Å². The van der Waals surface area contributed by atoms with Crippen molar-refractivity contribution in [3.63, 3.8) is 0 Å². The van der Waals surface area contributed by atoms with E-state index in [9.17, 15) is 24.0 Å². The summed E-state index contributed by atoms with van der Waals surface area (Å²) in [5.41, 5.74) is 9.98. The molecule has 0 spiro atoms. The molecule has 0 saturated heterocycles. The number of nitrogens with one attached hydrogen (secondary N) is 6. The highest BCUT2D eigenvalue weighted by Crippen LogP contribution is 2.41. The zero-order valence-corrected chi connectivity index (χ0v) is 44.5. The maximum absolute atomic E-state index is 14.1. The second kappa shape index (κ2) is 26.8. The van der Waals surface area contributed by atoms with E-state index in [2.05, 4.69) is 65.4 Å². The van der Waals surface area contributed by atoms with E-state index >= 15 is 0 Å². The monoisotopic (exact) mass is 1050 g/mol. The third kappa shape index (κ3) is 15.0. The normalized spacial score (nSPS) is 12.6. The quantitative estimate of drug-likeness (QED) is 0.0256.